The van der Waals surface area contributed by atoms with Gasteiger partial charge >= 0.3 is 0 Å². The molecular formula is C24H12O12-6. The summed E-state index contributed by atoms with van der Waals surface area (Å²) in [5.41, 5.74) is -2.18. The molecule has 0 saturated carbocycles. The number of carbonyl (C=O) groups is 6. The van der Waals surface area contributed by atoms with Crippen molar-refractivity contribution in [3.8, 4) is 0 Å². The molecule has 0 aliphatic heterocycles. The number of hydrogen-bond acceptors (Lipinski definition) is 12. The summed E-state index contributed by atoms with van der Waals surface area (Å²) in [6, 6.07) is 15.4. The first kappa shape index (κ1) is 28.5. The molecule has 0 N–H and O–H groups in total. The number of carbonyl (C=O) groups excluding carboxylic acids is 6. The van der Waals surface area contributed by atoms with Crippen LogP contribution in [0.4, 0.5) is 0 Å². The van der Waals surface area contributed by atoms with Gasteiger partial charge in [-0.25, -0.2) is 0 Å². The SMILES string of the molecule is O=C([O-])c1ccccc1C(=O)[O-].O=C([O-])c1ccccc1C(=O)[O-].O=C([O-])c1ccccc1C(=O)[O-]. The molecule has 0 fully saturated rings. The van der Waals surface area contributed by atoms with Crippen molar-refractivity contribution in [3.05, 3.63) is 106 Å². The highest BCUT2D eigenvalue weighted by Gasteiger charge is 2.03. The van der Waals surface area contributed by atoms with Crippen molar-refractivity contribution in [2.75, 3.05) is 0 Å². The average molecular weight is 492 g/mol. The van der Waals surface area contributed by atoms with Crippen molar-refractivity contribution < 1.29 is 59.4 Å². The van der Waals surface area contributed by atoms with Gasteiger partial charge in [0.25, 0.3) is 0 Å². The lowest BCUT2D eigenvalue weighted by atomic mass is 10.1. The van der Waals surface area contributed by atoms with Gasteiger partial charge in [-0.1, -0.05) is 72.8 Å². The fourth-order valence-electron chi connectivity index (χ4n) is 2.52. The van der Waals surface area contributed by atoms with Crippen molar-refractivity contribution in [2.45, 2.75) is 0 Å². The summed E-state index contributed by atoms with van der Waals surface area (Å²) in [6.07, 6.45) is 0. The van der Waals surface area contributed by atoms with Crippen molar-refractivity contribution in [2.24, 2.45) is 0 Å². The van der Waals surface area contributed by atoms with Gasteiger partial charge in [0.15, 0.2) is 0 Å². The van der Waals surface area contributed by atoms with Crippen LogP contribution in [0.3, 0.4) is 0 Å². The Balaban J connectivity index is 0.000000270. The third kappa shape index (κ3) is 8.12. The maximum absolute atomic E-state index is 10.3. The molecule has 0 aliphatic rings. The van der Waals surface area contributed by atoms with Gasteiger partial charge in [0, 0.05) is 33.4 Å². The van der Waals surface area contributed by atoms with Crippen molar-refractivity contribution in [1.82, 2.24) is 0 Å². The van der Waals surface area contributed by atoms with Crippen molar-refractivity contribution in [3.63, 3.8) is 0 Å². The molecule has 3 rings (SSSR count). The van der Waals surface area contributed by atoms with E-state index in [0.717, 1.165) is 36.4 Å². The van der Waals surface area contributed by atoms with Gasteiger partial charge in [-0.3, -0.25) is 0 Å². The number of rotatable bonds is 6. The minimum Gasteiger partial charge on any atom is -0.545 e. The van der Waals surface area contributed by atoms with E-state index in [4.69, 9.17) is 0 Å². The normalized spacial score (nSPS) is 9.33. The molecule has 0 aliphatic carbocycles. The van der Waals surface area contributed by atoms with Crippen LogP contribution in [0.25, 0.3) is 0 Å². The Morgan fingerprint density at radius 3 is 0.500 bits per heavy atom. The highest BCUT2D eigenvalue weighted by atomic mass is 16.4. The van der Waals surface area contributed by atoms with E-state index in [0.29, 0.717) is 0 Å². The highest BCUT2D eigenvalue weighted by Crippen LogP contribution is 2.07. The van der Waals surface area contributed by atoms with Crippen molar-refractivity contribution >= 4 is 35.8 Å². The predicted molar refractivity (Wildman–Crippen MR) is 105 cm³/mol. The average Bonchev–Trinajstić information content (AvgIpc) is 2.84. The van der Waals surface area contributed by atoms with Crippen LogP contribution in [0.5, 0.6) is 0 Å². The monoisotopic (exact) mass is 492 g/mol. The molecule has 0 heterocycles. The maximum Gasteiger partial charge on any atom is 0.0721 e. The summed E-state index contributed by atoms with van der Waals surface area (Å²) in [7, 11) is 0. The Morgan fingerprint density at radius 1 is 0.306 bits per heavy atom. The molecule has 12 heteroatoms. The van der Waals surface area contributed by atoms with Gasteiger partial charge in [-0.2, -0.15) is 0 Å². The van der Waals surface area contributed by atoms with E-state index in [1.54, 1.807) is 0 Å². The van der Waals surface area contributed by atoms with Crippen LogP contribution in [0.15, 0.2) is 72.8 Å². The fourth-order valence-corrected chi connectivity index (χ4v) is 2.52. The van der Waals surface area contributed by atoms with Crippen molar-refractivity contribution in [1.29, 1.82) is 0 Å². The zero-order chi connectivity index (χ0) is 27.4. The van der Waals surface area contributed by atoms with E-state index in [9.17, 15) is 59.4 Å². The molecule has 0 spiro atoms. The van der Waals surface area contributed by atoms with Crippen LogP contribution >= 0.6 is 0 Å². The first-order chi connectivity index (χ1) is 16.9. The Bertz CT molecular complexity index is 1050. The lowest BCUT2D eigenvalue weighted by Gasteiger charge is -2.09. The molecule has 3 aromatic carbocycles. The number of hydrogen-bond donors (Lipinski definition) is 0. The summed E-state index contributed by atoms with van der Waals surface area (Å²) in [5, 5.41) is 61.9. The first-order valence-corrected chi connectivity index (χ1v) is 9.43. The van der Waals surface area contributed by atoms with E-state index >= 15 is 0 Å². The van der Waals surface area contributed by atoms with Gasteiger partial charge in [0.2, 0.25) is 0 Å². The van der Waals surface area contributed by atoms with Gasteiger partial charge in [0.1, 0.15) is 0 Å². The molecule has 12 nitrogen and oxygen atoms in total. The van der Waals surface area contributed by atoms with E-state index in [1.165, 1.54) is 36.4 Å². The molecule has 0 aromatic heterocycles. The maximum atomic E-state index is 10.3. The number of carboxylic acids is 6. The standard InChI is InChI=1S/3C8H6O4/c3*9-7(10)5-3-1-2-4-6(5)8(11)12/h3*1-4H,(H,9,10)(H,11,12)/p-6. The van der Waals surface area contributed by atoms with Crippen LogP contribution in [0, 0.1) is 0 Å². The quantitative estimate of drug-likeness (QED) is 0.315. The Labute approximate surface area is 201 Å². The summed E-state index contributed by atoms with van der Waals surface area (Å²) in [6.45, 7) is 0. The summed E-state index contributed by atoms with van der Waals surface area (Å²) < 4.78 is 0. The van der Waals surface area contributed by atoms with E-state index in [1.807, 2.05) is 0 Å². The van der Waals surface area contributed by atoms with E-state index in [-0.39, 0.29) is 33.4 Å². The van der Waals surface area contributed by atoms with Gasteiger partial charge in [-0.05, 0) is 0 Å². The molecule has 3 aromatic rings. The van der Waals surface area contributed by atoms with Gasteiger partial charge in [-0.15, -0.1) is 0 Å². The topological polar surface area (TPSA) is 241 Å². The third-order valence-corrected chi connectivity index (χ3v) is 4.10. The lowest BCUT2D eigenvalue weighted by molar-refractivity contribution is -0.259. The number of aromatic carboxylic acids is 6. The second kappa shape index (κ2) is 13.3. The number of carboxylic acid groups (broad SMARTS) is 6. The second-order valence-corrected chi connectivity index (χ2v) is 6.36. The summed E-state index contributed by atoms with van der Waals surface area (Å²) in [5.74, 6) is -9.11. The van der Waals surface area contributed by atoms with Crippen LogP contribution in [-0.4, -0.2) is 35.8 Å². The zero-order valence-electron chi connectivity index (χ0n) is 17.8. The predicted octanol–water partition coefficient (Wildman–Crippen LogP) is -4.76. The second-order valence-electron chi connectivity index (χ2n) is 6.36. The van der Waals surface area contributed by atoms with E-state index in [2.05, 4.69) is 0 Å². The molecule has 0 saturated heterocycles. The van der Waals surface area contributed by atoms with Crippen LogP contribution in [0.1, 0.15) is 62.1 Å². The largest absolute Gasteiger partial charge is 0.545 e. The van der Waals surface area contributed by atoms with E-state index < -0.39 is 35.8 Å². The van der Waals surface area contributed by atoms with Crippen LogP contribution in [0.2, 0.25) is 0 Å². The number of benzene rings is 3. The molecule has 0 atom stereocenters. The Kier molecular flexibility index (Phi) is 10.5. The third-order valence-electron chi connectivity index (χ3n) is 4.10. The summed E-state index contributed by atoms with van der Waals surface area (Å²) >= 11 is 0. The van der Waals surface area contributed by atoms with Crippen LogP contribution < -0.4 is 30.6 Å². The minimum absolute atomic E-state index is 0.363. The zero-order valence-corrected chi connectivity index (χ0v) is 17.8. The molecule has 186 valence electrons. The molecule has 0 unspecified atom stereocenters. The minimum atomic E-state index is -1.52. The smallest absolute Gasteiger partial charge is 0.0721 e. The molecular weight excluding hydrogens is 480 g/mol. The lowest BCUT2D eigenvalue weighted by Crippen LogP contribution is -2.29. The molecule has 0 bridgehead atoms. The van der Waals surface area contributed by atoms with Gasteiger partial charge < -0.3 is 59.4 Å². The molecule has 0 radical (unpaired) electrons. The summed E-state index contributed by atoms with van der Waals surface area (Å²) in [4.78, 5) is 61.9. The Hall–Kier alpha value is -5.52. The van der Waals surface area contributed by atoms with Gasteiger partial charge in [0.05, 0.1) is 35.8 Å². The highest BCUT2D eigenvalue weighted by molar-refractivity contribution is 6.01. The van der Waals surface area contributed by atoms with Crippen LogP contribution in [-0.2, 0) is 0 Å². The first-order valence-electron chi connectivity index (χ1n) is 9.43. The Morgan fingerprint density at radius 2 is 0.417 bits per heavy atom. The molecule has 36 heavy (non-hydrogen) atoms. The fraction of sp³-hybridized carbons (Fsp3) is 0. The molecule has 0 amide bonds.